The van der Waals surface area contributed by atoms with Crippen LogP contribution in [0.4, 0.5) is 5.82 Å². The number of anilines is 1. The van der Waals surface area contributed by atoms with Crippen LogP contribution in [0.3, 0.4) is 0 Å². The molecule has 1 saturated heterocycles. The van der Waals surface area contributed by atoms with E-state index in [2.05, 4.69) is 31.9 Å². The molecule has 0 amide bonds. The second kappa shape index (κ2) is 5.19. The van der Waals surface area contributed by atoms with Crippen LogP contribution in [0.5, 0.6) is 0 Å². The van der Waals surface area contributed by atoms with E-state index in [0.29, 0.717) is 11.8 Å². The average molecular weight is 273 g/mol. The molecule has 1 aliphatic rings. The summed E-state index contributed by atoms with van der Waals surface area (Å²) in [5.41, 5.74) is 2.22. The van der Waals surface area contributed by atoms with Gasteiger partial charge in [0.2, 0.25) is 5.89 Å². The van der Waals surface area contributed by atoms with Crippen molar-refractivity contribution in [3.05, 3.63) is 29.3 Å². The number of nitrogens with zero attached hydrogens (tertiary/aromatic N) is 5. The molecule has 0 bridgehead atoms. The lowest BCUT2D eigenvalue weighted by molar-refractivity contribution is 0.375. The zero-order valence-corrected chi connectivity index (χ0v) is 12.1. The zero-order valence-electron chi connectivity index (χ0n) is 12.1. The van der Waals surface area contributed by atoms with E-state index in [0.717, 1.165) is 43.3 Å². The van der Waals surface area contributed by atoms with E-state index in [4.69, 9.17) is 4.52 Å². The molecule has 1 aliphatic heterocycles. The molecule has 0 unspecified atom stereocenters. The van der Waals surface area contributed by atoms with Gasteiger partial charge in [-0.05, 0) is 26.7 Å². The summed E-state index contributed by atoms with van der Waals surface area (Å²) in [6.07, 6.45) is 3.70. The first-order chi connectivity index (χ1) is 9.65. The molecule has 2 aromatic rings. The molecule has 6 heteroatoms. The molecule has 106 valence electrons. The molecule has 3 rings (SSSR count). The highest BCUT2D eigenvalue weighted by atomic mass is 16.5. The topological polar surface area (TPSA) is 67.9 Å². The van der Waals surface area contributed by atoms with Crippen LogP contribution in [0.15, 0.2) is 10.9 Å². The van der Waals surface area contributed by atoms with E-state index in [-0.39, 0.29) is 0 Å². The lowest BCUT2D eigenvalue weighted by Gasteiger charge is -2.32. The molecule has 0 aliphatic carbocycles. The minimum absolute atomic E-state index is 0.395. The van der Waals surface area contributed by atoms with E-state index in [1.54, 1.807) is 6.33 Å². The largest absolute Gasteiger partial charge is 0.356 e. The summed E-state index contributed by atoms with van der Waals surface area (Å²) < 4.78 is 5.07. The van der Waals surface area contributed by atoms with Crippen LogP contribution in [0.25, 0.3) is 0 Å². The monoisotopic (exact) mass is 273 g/mol. The van der Waals surface area contributed by atoms with Crippen molar-refractivity contribution in [2.75, 3.05) is 18.0 Å². The molecule has 0 spiro atoms. The second-order valence-electron chi connectivity index (χ2n) is 5.34. The van der Waals surface area contributed by atoms with Crippen molar-refractivity contribution < 1.29 is 4.52 Å². The minimum Gasteiger partial charge on any atom is -0.356 e. The van der Waals surface area contributed by atoms with E-state index in [1.165, 1.54) is 5.56 Å². The van der Waals surface area contributed by atoms with Gasteiger partial charge < -0.3 is 9.42 Å². The van der Waals surface area contributed by atoms with Gasteiger partial charge in [-0.2, -0.15) is 4.98 Å². The van der Waals surface area contributed by atoms with Gasteiger partial charge in [0.15, 0.2) is 5.82 Å². The smallest absolute Gasteiger partial charge is 0.223 e. The van der Waals surface area contributed by atoms with Crippen LogP contribution >= 0.6 is 0 Å². The molecule has 0 N–H and O–H groups in total. The van der Waals surface area contributed by atoms with Crippen molar-refractivity contribution in [3.63, 3.8) is 0 Å². The van der Waals surface area contributed by atoms with E-state index < -0.39 is 0 Å². The standard InChI is InChI=1S/C14H19N5O/c1-9-10(2)15-8-16-14(9)19-6-4-12(5-7-19)13-17-11(3)20-18-13/h8,12H,4-7H2,1-3H3. The Bertz CT molecular complexity index is 601. The van der Waals surface area contributed by atoms with Crippen LogP contribution in [-0.2, 0) is 0 Å². The molecule has 1 fully saturated rings. The normalized spacial score (nSPS) is 16.6. The highest BCUT2D eigenvalue weighted by Crippen LogP contribution is 2.29. The number of hydrogen-bond donors (Lipinski definition) is 0. The zero-order chi connectivity index (χ0) is 14.1. The van der Waals surface area contributed by atoms with Gasteiger partial charge >= 0.3 is 0 Å². The molecular weight excluding hydrogens is 254 g/mol. The molecule has 0 atom stereocenters. The van der Waals surface area contributed by atoms with Crippen LogP contribution in [-0.4, -0.2) is 33.2 Å². The summed E-state index contributed by atoms with van der Waals surface area (Å²) in [7, 11) is 0. The fourth-order valence-electron chi connectivity index (χ4n) is 2.67. The van der Waals surface area contributed by atoms with Crippen LogP contribution in [0, 0.1) is 20.8 Å². The Hall–Kier alpha value is -1.98. The highest BCUT2D eigenvalue weighted by molar-refractivity contribution is 5.47. The van der Waals surface area contributed by atoms with Crippen LogP contribution < -0.4 is 4.90 Å². The third-order valence-corrected chi connectivity index (χ3v) is 4.01. The van der Waals surface area contributed by atoms with Gasteiger partial charge in [-0.15, -0.1) is 0 Å². The maximum Gasteiger partial charge on any atom is 0.223 e. The second-order valence-corrected chi connectivity index (χ2v) is 5.34. The van der Waals surface area contributed by atoms with Crippen molar-refractivity contribution in [1.29, 1.82) is 0 Å². The number of piperidine rings is 1. The molecule has 0 saturated carbocycles. The summed E-state index contributed by atoms with van der Waals surface area (Å²) in [6, 6.07) is 0. The van der Waals surface area contributed by atoms with Gasteiger partial charge in [0.25, 0.3) is 0 Å². The quantitative estimate of drug-likeness (QED) is 0.835. The maximum absolute atomic E-state index is 5.07. The molecule has 2 aromatic heterocycles. The first kappa shape index (κ1) is 13.0. The highest BCUT2D eigenvalue weighted by Gasteiger charge is 2.25. The molecular formula is C14H19N5O. The number of aryl methyl sites for hydroxylation is 2. The molecule has 0 aromatic carbocycles. The SMILES string of the molecule is Cc1nc(C2CCN(c3ncnc(C)c3C)CC2)no1. The maximum atomic E-state index is 5.07. The van der Waals surface area contributed by atoms with Crippen molar-refractivity contribution in [1.82, 2.24) is 20.1 Å². The summed E-state index contributed by atoms with van der Waals surface area (Å²) in [4.78, 5) is 15.3. The number of aromatic nitrogens is 4. The first-order valence-electron chi connectivity index (χ1n) is 6.98. The van der Waals surface area contributed by atoms with Gasteiger partial charge in [-0.25, -0.2) is 9.97 Å². The van der Waals surface area contributed by atoms with Gasteiger partial charge in [-0.3, -0.25) is 0 Å². The van der Waals surface area contributed by atoms with Gasteiger partial charge in [0.05, 0.1) is 0 Å². The number of rotatable bonds is 2. The van der Waals surface area contributed by atoms with Gasteiger partial charge in [0, 0.05) is 37.2 Å². The Morgan fingerprint density at radius 2 is 1.90 bits per heavy atom. The minimum atomic E-state index is 0.395. The van der Waals surface area contributed by atoms with Crippen molar-refractivity contribution in [3.8, 4) is 0 Å². The van der Waals surface area contributed by atoms with E-state index in [9.17, 15) is 0 Å². The summed E-state index contributed by atoms with van der Waals surface area (Å²) in [6.45, 7) is 7.87. The first-order valence-corrected chi connectivity index (χ1v) is 6.98. The van der Waals surface area contributed by atoms with Crippen molar-refractivity contribution in [2.45, 2.75) is 39.5 Å². The van der Waals surface area contributed by atoms with E-state index >= 15 is 0 Å². The molecule has 3 heterocycles. The summed E-state index contributed by atoms with van der Waals surface area (Å²) in [5, 5.41) is 4.04. The summed E-state index contributed by atoms with van der Waals surface area (Å²) >= 11 is 0. The van der Waals surface area contributed by atoms with E-state index in [1.807, 2.05) is 13.8 Å². The number of hydrogen-bond acceptors (Lipinski definition) is 6. The Morgan fingerprint density at radius 1 is 1.15 bits per heavy atom. The molecule has 0 radical (unpaired) electrons. The third-order valence-electron chi connectivity index (χ3n) is 4.01. The van der Waals surface area contributed by atoms with Crippen molar-refractivity contribution in [2.24, 2.45) is 0 Å². The third kappa shape index (κ3) is 2.37. The van der Waals surface area contributed by atoms with Crippen LogP contribution in [0.1, 0.15) is 41.7 Å². The average Bonchev–Trinajstić information content (AvgIpc) is 2.89. The molecule has 6 nitrogen and oxygen atoms in total. The Labute approximate surface area is 118 Å². The Balaban J connectivity index is 1.71. The predicted molar refractivity (Wildman–Crippen MR) is 74.7 cm³/mol. The Morgan fingerprint density at radius 3 is 2.55 bits per heavy atom. The Kier molecular flexibility index (Phi) is 3.38. The van der Waals surface area contributed by atoms with Gasteiger partial charge in [0.1, 0.15) is 12.1 Å². The lowest BCUT2D eigenvalue weighted by atomic mass is 9.96. The van der Waals surface area contributed by atoms with Crippen molar-refractivity contribution >= 4 is 5.82 Å². The summed E-state index contributed by atoms with van der Waals surface area (Å²) in [5.74, 6) is 2.94. The van der Waals surface area contributed by atoms with Crippen LogP contribution in [0.2, 0.25) is 0 Å². The lowest BCUT2D eigenvalue weighted by Crippen LogP contribution is -2.34. The van der Waals surface area contributed by atoms with Gasteiger partial charge in [-0.1, -0.05) is 5.16 Å². The fraction of sp³-hybridized carbons (Fsp3) is 0.571. The fourth-order valence-corrected chi connectivity index (χ4v) is 2.67. The molecule has 20 heavy (non-hydrogen) atoms. The predicted octanol–water partition coefficient (Wildman–Crippen LogP) is 2.17.